The van der Waals surface area contributed by atoms with Crippen LogP contribution in [0, 0.1) is 0 Å². The van der Waals surface area contributed by atoms with E-state index >= 15 is 0 Å². The minimum Gasteiger partial charge on any atom is -0.493 e. The van der Waals surface area contributed by atoms with Gasteiger partial charge in [0.25, 0.3) is 0 Å². The van der Waals surface area contributed by atoms with E-state index in [0.29, 0.717) is 88.0 Å². The van der Waals surface area contributed by atoms with Gasteiger partial charge in [0.15, 0.2) is 34.5 Å². The van der Waals surface area contributed by atoms with E-state index in [1.54, 1.807) is 35.4 Å². The molecule has 1 aliphatic rings. The Hall–Kier alpha value is -8.31. The minimum absolute atomic E-state index is 0.140. The first-order valence-electron chi connectivity index (χ1n) is 23.2. The Kier molecular flexibility index (Phi) is 14.5. The fourth-order valence-electron chi connectivity index (χ4n) is 8.92. The molecule has 7 aromatic carbocycles. The molecule has 1 aromatic heterocycles. The number of esters is 1. The van der Waals surface area contributed by atoms with E-state index in [-0.39, 0.29) is 26.4 Å². The highest BCUT2D eigenvalue weighted by Gasteiger charge is 2.38. The normalized spacial score (nSPS) is 11.4. The average Bonchev–Trinajstić information content (AvgIpc) is 3.77. The van der Waals surface area contributed by atoms with Crippen molar-refractivity contribution in [3.8, 4) is 79.5 Å². The molecule has 0 amide bonds. The third-order valence-electron chi connectivity index (χ3n) is 12.2. The van der Waals surface area contributed by atoms with Crippen molar-refractivity contribution in [1.29, 1.82) is 0 Å². The number of ether oxygens (including phenoxy) is 9. The van der Waals surface area contributed by atoms with Gasteiger partial charge in [-0.25, -0.2) is 4.79 Å². The molecular formula is C59H55NO10. The van der Waals surface area contributed by atoms with Crippen molar-refractivity contribution in [2.45, 2.75) is 46.3 Å². The molecule has 70 heavy (non-hydrogen) atoms. The number of nitrogens with zero attached hydrogens (tertiary/aromatic N) is 1. The predicted molar refractivity (Wildman–Crippen MR) is 270 cm³/mol. The van der Waals surface area contributed by atoms with Gasteiger partial charge < -0.3 is 47.2 Å². The van der Waals surface area contributed by atoms with Crippen LogP contribution in [-0.2, 0) is 44.1 Å². The zero-order chi connectivity index (χ0) is 48.4. The third kappa shape index (κ3) is 9.82. The van der Waals surface area contributed by atoms with Crippen molar-refractivity contribution in [3.05, 3.63) is 191 Å². The summed E-state index contributed by atoms with van der Waals surface area (Å²) < 4.78 is 58.9. The van der Waals surface area contributed by atoms with Crippen molar-refractivity contribution in [1.82, 2.24) is 4.57 Å². The van der Waals surface area contributed by atoms with Crippen molar-refractivity contribution in [3.63, 3.8) is 0 Å². The van der Waals surface area contributed by atoms with Gasteiger partial charge >= 0.3 is 5.97 Å². The molecule has 0 aliphatic carbocycles. The van der Waals surface area contributed by atoms with Gasteiger partial charge in [0.05, 0.1) is 40.7 Å². The first-order valence-corrected chi connectivity index (χ1v) is 23.2. The second-order valence-corrected chi connectivity index (χ2v) is 16.5. The first-order chi connectivity index (χ1) is 34.4. The van der Waals surface area contributed by atoms with Crippen LogP contribution in [0.15, 0.2) is 158 Å². The summed E-state index contributed by atoms with van der Waals surface area (Å²) in [5.41, 5.74) is 9.20. The maximum atomic E-state index is 14.9. The number of benzene rings is 7. The lowest BCUT2D eigenvalue weighted by atomic mass is 9.89. The lowest BCUT2D eigenvalue weighted by Crippen LogP contribution is -2.19. The van der Waals surface area contributed by atoms with Crippen LogP contribution < -0.4 is 37.9 Å². The molecule has 0 saturated carbocycles. The summed E-state index contributed by atoms with van der Waals surface area (Å²) in [6.07, 6.45) is 0.481. The molecule has 1 aliphatic heterocycles. The van der Waals surface area contributed by atoms with Crippen molar-refractivity contribution in [2.24, 2.45) is 0 Å². The molecule has 0 fully saturated rings. The number of carbonyl (C=O) groups is 1. The van der Waals surface area contributed by atoms with Crippen molar-refractivity contribution >= 4 is 5.97 Å². The highest BCUT2D eigenvalue weighted by atomic mass is 16.5. The summed E-state index contributed by atoms with van der Waals surface area (Å²) in [6.45, 7) is 3.44. The number of hydrogen-bond donors (Lipinski definition) is 0. The number of aromatic nitrogens is 1. The number of hydrogen-bond acceptors (Lipinski definition) is 10. The summed E-state index contributed by atoms with van der Waals surface area (Å²) in [5.74, 6) is 3.37. The molecule has 0 bridgehead atoms. The minimum atomic E-state index is -0.512. The number of rotatable bonds is 20. The number of fused-ring (bicyclic) bond motifs is 3. The van der Waals surface area contributed by atoms with Crippen molar-refractivity contribution in [2.75, 3.05) is 35.0 Å². The van der Waals surface area contributed by atoms with Gasteiger partial charge in [-0.2, -0.15) is 0 Å². The topological polar surface area (TPSA) is 105 Å². The molecule has 0 spiro atoms. The van der Waals surface area contributed by atoms with Gasteiger partial charge in [0.2, 0.25) is 5.75 Å². The maximum Gasteiger partial charge on any atom is 0.355 e. The first kappa shape index (κ1) is 46.8. The van der Waals surface area contributed by atoms with E-state index in [2.05, 4.69) is 0 Å². The van der Waals surface area contributed by atoms with E-state index in [1.165, 1.54) is 0 Å². The molecule has 0 saturated heterocycles. The van der Waals surface area contributed by atoms with Crippen molar-refractivity contribution < 1.29 is 47.4 Å². The average molecular weight is 938 g/mol. The zero-order valence-corrected chi connectivity index (χ0v) is 40.0. The van der Waals surface area contributed by atoms with Crippen LogP contribution >= 0.6 is 0 Å². The Morgan fingerprint density at radius 3 is 1.50 bits per heavy atom. The fraction of sp³-hybridized carbons (Fsp3) is 0.203. The van der Waals surface area contributed by atoms with Crippen LogP contribution in [0.4, 0.5) is 0 Å². The summed E-state index contributed by atoms with van der Waals surface area (Å²) in [4.78, 5) is 14.9. The summed E-state index contributed by atoms with van der Waals surface area (Å²) in [7, 11) is 6.43. The SMILES string of the molecule is CCOC(=O)c1c(-c2cc(OC)c(OCc3ccccc3)cc2OCc2ccccc2)c(-c2ccc(OCc3ccccc3)c(OC)c2)c2n1CCc1c-2cc(OC)c(OC)c1OCc1ccccc1. The molecular weight excluding hydrogens is 883 g/mol. The smallest absolute Gasteiger partial charge is 0.355 e. The van der Waals surface area contributed by atoms with E-state index in [0.717, 1.165) is 44.6 Å². The standard InChI is InChI=1S/C59H55NO10/c1-6-66-59(61)56-54(46-33-50(63-3)51(69-37-41-23-15-9-16-24-41)34-48(46)68-36-40-21-13-8-14-22-40)53(43-27-28-47(49(31-43)62-2)67-35-39-19-11-7-12-20-39)55-45-32-52(64-4)58(65-5)57(44(45)29-30-60(55)56)70-38-42-25-17-10-18-26-42/h7-28,31-34H,6,29-30,35-38H2,1-5H3. The molecule has 11 nitrogen and oxygen atoms in total. The highest BCUT2D eigenvalue weighted by Crippen LogP contribution is 2.56. The zero-order valence-electron chi connectivity index (χ0n) is 40.0. The van der Waals surface area contributed by atoms with Gasteiger partial charge in [-0.3, -0.25) is 0 Å². The molecule has 11 heteroatoms. The van der Waals surface area contributed by atoms with Crippen LogP contribution in [0.3, 0.4) is 0 Å². The van der Waals surface area contributed by atoms with Crippen LogP contribution in [0.2, 0.25) is 0 Å². The molecule has 8 aromatic rings. The summed E-state index contributed by atoms with van der Waals surface area (Å²) in [6, 6.07) is 51.3. The molecule has 0 unspecified atom stereocenters. The van der Waals surface area contributed by atoms with Crippen LogP contribution in [0.25, 0.3) is 33.5 Å². The second-order valence-electron chi connectivity index (χ2n) is 16.5. The Morgan fingerprint density at radius 2 is 0.971 bits per heavy atom. The van der Waals surface area contributed by atoms with E-state index in [9.17, 15) is 4.79 Å². The van der Waals surface area contributed by atoms with Gasteiger partial charge in [0.1, 0.15) is 37.9 Å². The van der Waals surface area contributed by atoms with E-state index in [1.807, 2.05) is 162 Å². The summed E-state index contributed by atoms with van der Waals surface area (Å²) in [5, 5.41) is 0. The van der Waals surface area contributed by atoms with Gasteiger partial charge in [0, 0.05) is 40.4 Å². The van der Waals surface area contributed by atoms with Crippen LogP contribution in [0.5, 0.6) is 46.0 Å². The monoisotopic (exact) mass is 937 g/mol. The Bertz CT molecular complexity index is 3060. The number of methoxy groups -OCH3 is 4. The molecule has 0 radical (unpaired) electrons. The van der Waals surface area contributed by atoms with Crippen LogP contribution in [0.1, 0.15) is 45.2 Å². The largest absolute Gasteiger partial charge is 0.493 e. The second kappa shape index (κ2) is 21.8. The van der Waals surface area contributed by atoms with Gasteiger partial charge in [-0.05, 0) is 65.4 Å². The van der Waals surface area contributed by atoms with Gasteiger partial charge in [-0.15, -0.1) is 0 Å². The van der Waals surface area contributed by atoms with E-state index < -0.39 is 5.97 Å². The number of carbonyl (C=O) groups excluding carboxylic acids is 1. The third-order valence-corrected chi connectivity index (χ3v) is 12.2. The Labute approximate surface area is 408 Å². The maximum absolute atomic E-state index is 14.9. The van der Waals surface area contributed by atoms with Crippen LogP contribution in [-0.4, -0.2) is 45.6 Å². The molecule has 2 heterocycles. The lowest BCUT2D eigenvalue weighted by molar-refractivity contribution is 0.0514. The van der Waals surface area contributed by atoms with Gasteiger partial charge in [-0.1, -0.05) is 127 Å². The Morgan fingerprint density at radius 1 is 0.471 bits per heavy atom. The predicted octanol–water partition coefficient (Wildman–Crippen LogP) is 12.6. The molecule has 0 atom stereocenters. The fourth-order valence-corrected chi connectivity index (χ4v) is 8.92. The van der Waals surface area contributed by atoms with E-state index in [4.69, 9.17) is 42.6 Å². The lowest BCUT2D eigenvalue weighted by Gasteiger charge is -2.27. The summed E-state index contributed by atoms with van der Waals surface area (Å²) >= 11 is 0. The quantitative estimate of drug-likeness (QED) is 0.0686. The Balaban J connectivity index is 1.32. The highest BCUT2D eigenvalue weighted by molar-refractivity contribution is 6.08. The molecule has 9 rings (SSSR count). The molecule has 356 valence electrons. The molecule has 0 N–H and O–H groups in total.